The minimum atomic E-state index is -2.60. The smallest absolute Gasteiger partial charge is 0.314 e. The maximum atomic E-state index is 6.74. The van der Waals surface area contributed by atoms with Gasteiger partial charge in [0.2, 0.25) is 0 Å². The fourth-order valence-electron chi connectivity index (χ4n) is 5.36. The molecule has 0 aromatic rings. The summed E-state index contributed by atoms with van der Waals surface area (Å²) in [5.74, 6) is 0. The summed E-state index contributed by atoms with van der Waals surface area (Å²) < 4.78 is 62.1. The molecule has 0 unspecified atom stereocenters. The summed E-state index contributed by atoms with van der Waals surface area (Å²) >= 11 is 0. The molecular formula is C26H68O10Si7. The zero-order chi connectivity index (χ0) is 33.6. The van der Waals surface area contributed by atoms with Crippen molar-refractivity contribution >= 4 is 59.4 Å². The van der Waals surface area contributed by atoms with E-state index in [-0.39, 0.29) is 0 Å². The van der Waals surface area contributed by atoms with Gasteiger partial charge in [0.15, 0.2) is 16.6 Å². The molecule has 0 radical (unpaired) electrons. The molecule has 0 amide bonds. The second-order valence-electron chi connectivity index (χ2n) is 14.5. The van der Waals surface area contributed by atoms with Crippen molar-refractivity contribution in [2.75, 3.05) is 53.9 Å². The number of hydrogen-bond donors (Lipinski definition) is 0. The van der Waals surface area contributed by atoms with Crippen LogP contribution in [0.1, 0.15) is 12.8 Å². The van der Waals surface area contributed by atoms with Crippen LogP contribution in [0.2, 0.25) is 104 Å². The Kier molecular flexibility index (Phi) is 19.7. The zero-order valence-corrected chi connectivity index (χ0v) is 37.7. The topological polar surface area (TPSA) is 92.3 Å². The summed E-state index contributed by atoms with van der Waals surface area (Å²) in [5, 5.41) is 0. The maximum Gasteiger partial charge on any atom is 0.314 e. The predicted octanol–water partition coefficient (Wildman–Crippen LogP) is 7.11. The minimum absolute atomic E-state index is 0.698. The lowest BCUT2D eigenvalue weighted by atomic mass is 10.5. The van der Waals surface area contributed by atoms with Crippen molar-refractivity contribution in [1.82, 2.24) is 0 Å². The summed E-state index contributed by atoms with van der Waals surface area (Å²) in [7, 11) is -13.2. The monoisotopic (exact) mass is 736 g/mol. The molecule has 0 bridgehead atoms. The Hall–Kier alpha value is 1.12. The molecule has 260 valence electrons. The van der Waals surface area contributed by atoms with E-state index in [1.54, 1.807) is 14.2 Å². The highest BCUT2D eigenvalue weighted by Gasteiger charge is 2.48. The van der Waals surface area contributed by atoms with Gasteiger partial charge in [-0.2, -0.15) is 0 Å². The predicted molar refractivity (Wildman–Crippen MR) is 193 cm³/mol. The van der Waals surface area contributed by atoms with Crippen LogP contribution >= 0.6 is 0 Å². The lowest BCUT2D eigenvalue weighted by Crippen LogP contribution is -2.61. The van der Waals surface area contributed by atoms with Gasteiger partial charge in [0.25, 0.3) is 0 Å². The van der Waals surface area contributed by atoms with Crippen molar-refractivity contribution in [3.63, 3.8) is 0 Å². The first-order chi connectivity index (χ1) is 19.4. The van der Waals surface area contributed by atoms with Crippen molar-refractivity contribution < 1.29 is 43.6 Å². The highest BCUT2D eigenvalue weighted by Crippen LogP contribution is 2.29. The van der Waals surface area contributed by atoms with Crippen molar-refractivity contribution in [3.05, 3.63) is 0 Å². The molecule has 0 fully saturated rings. The Morgan fingerprint density at radius 1 is 0.326 bits per heavy atom. The lowest BCUT2D eigenvalue weighted by molar-refractivity contribution is 0.109. The Bertz CT molecular complexity index is 709. The summed E-state index contributed by atoms with van der Waals surface area (Å²) in [6.45, 7) is 34.3. The van der Waals surface area contributed by atoms with Gasteiger partial charge >= 0.3 is 42.8 Å². The van der Waals surface area contributed by atoms with E-state index in [4.69, 9.17) is 43.6 Å². The molecule has 0 aliphatic heterocycles. The van der Waals surface area contributed by atoms with Gasteiger partial charge in [-0.1, -0.05) is 0 Å². The van der Waals surface area contributed by atoms with Crippen LogP contribution in [0.15, 0.2) is 0 Å². The minimum Gasteiger partial charge on any atom is -0.436 e. The maximum absolute atomic E-state index is 6.74. The molecule has 17 heteroatoms. The third-order valence-corrected chi connectivity index (χ3v) is 32.9. The van der Waals surface area contributed by atoms with Crippen LogP contribution < -0.4 is 0 Å². The SMILES string of the molecule is COCCCOCC[Si](C)(C)O[Si](C)(C)O[Si](C)(C)O[Si](C)(C)O[Si](C)(C)O[Si](C)(C)O[Si](C)(C)CCOCCCOC. The van der Waals surface area contributed by atoms with Crippen molar-refractivity contribution in [2.24, 2.45) is 0 Å². The molecule has 0 N–H and O–H groups in total. The molecule has 0 rings (SSSR count). The van der Waals surface area contributed by atoms with Crippen molar-refractivity contribution in [3.8, 4) is 0 Å². The average Bonchev–Trinajstić information content (AvgIpc) is 2.73. The third-order valence-electron chi connectivity index (χ3n) is 5.98. The first-order valence-corrected chi connectivity index (χ1v) is 36.0. The standard InChI is InChI=1S/C26H68O10Si7/c1-27-19-17-21-29-23-25-37(3,4)31-39(7,8)33-41(11,12)35-43(15,16)36-42(13,14)34-40(9,10)32-38(5,6)26-24-30-22-18-20-28-2/h17-26H2,1-16H3. The van der Waals surface area contributed by atoms with Crippen molar-refractivity contribution in [2.45, 2.75) is 117 Å². The van der Waals surface area contributed by atoms with Gasteiger partial charge < -0.3 is 43.6 Å². The molecule has 0 aromatic carbocycles. The van der Waals surface area contributed by atoms with Gasteiger partial charge in [-0.15, -0.1) is 0 Å². The fourth-order valence-corrected chi connectivity index (χ4v) is 39.7. The molecule has 0 heterocycles. The summed E-state index contributed by atoms with van der Waals surface area (Å²) in [6, 6.07) is 1.85. The van der Waals surface area contributed by atoms with E-state index < -0.39 is 59.4 Å². The fraction of sp³-hybridized carbons (Fsp3) is 1.00. The van der Waals surface area contributed by atoms with Gasteiger partial charge in [0.05, 0.1) is 0 Å². The summed E-state index contributed by atoms with van der Waals surface area (Å²) in [6.07, 6.45) is 1.81. The summed E-state index contributed by atoms with van der Waals surface area (Å²) in [5.41, 5.74) is 0. The van der Waals surface area contributed by atoms with Crippen LogP contribution in [-0.4, -0.2) is 113 Å². The average molecular weight is 737 g/mol. The molecule has 0 spiro atoms. The van der Waals surface area contributed by atoms with Crippen LogP contribution in [0.5, 0.6) is 0 Å². The van der Waals surface area contributed by atoms with Gasteiger partial charge in [-0.05, 0) is 117 Å². The van der Waals surface area contributed by atoms with E-state index in [1.807, 2.05) is 0 Å². The first-order valence-electron chi connectivity index (χ1n) is 15.7. The number of ether oxygens (including phenoxy) is 4. The normalized spacial score (nSPS) is 14.5. The highest BCUT2D eigenvalue weighted by molar-refractivity contribution is 6.92. The Morgan fingerprint density at radius 3 is 0.837 bits per heavy atom. The first kappa shape index (κ1) is 44.1. The van der Waals surface area contributed by atoms with E-state index in [0.717, 1.165) is 38.1 Å². The molecular weight excluding hydrogens is 669 g/mol. The largest absolute Gasteiger partial charge is 0.436 e. The Morgan fingerprint density at radius 2 is 0.581 bits per heavy atom. The van der Waals surface area contributed by atoms with E-state index in [9.17, 15) is 0 Å². The van der Waals surface area contributed by atoms with Crippen LogP contribution in [-0.2, 0) is 43.6 Å². The van der Waals surface area contributed by atoms with Gasteiger partial charge in [-0.3, -0.25) is 0 Å². The van der Waals surface area contributed by atoms with Crippen LogP contribution in [0, 0.1) is 0 Å². The highest BCUT2D eigenvalue weighted by atomic mass is 28.5. The van der Waals surface area contributed by atoms with E-state index in [0.29, 0.717) is 26.4 Å². The number of hydrogen-bond acceptors (Lipinski definition) is 10. The van der Waals surface area contributed by atoms with Gasteiger partial charge in [-0.25, -0.2) is 0 Å². The second kappa shape index (κ2) is 19.2. The van der Waals surface area contributed by atoms with E-state index in [1.165, 1.54) is 0 Å². The lowest BCUT2D eigenvalue weighted by Gasteiger charge is -2.43. The Balaban J connectivity index is 5.01. The molecule has 0 atom stereocenters. The molecule has 10 nitrogen and oxygen atoms in total. The van der Waals surface area contributed by atoms with E-state index >= 15 is 0 Å². The Labute approximate surface area is 272 Å². The third kappa shape index (κ3) is 24.0. The second-order valence-corrected chi connectivity index (χ2v) is 41.5. The molecule has 0 aliphatic rings. The van der Waals surface area contributed by atoms with Crippen LogP contribution in [0.25, 0.3) is 0 Å². The zero-order valence-electron chi connectivity index (χ0n) is 30.7. The van der Waals surface area contributed by atoms with Crippen LogP contribution in [0.4, 0.5) is 0 Å². The summed E-state index contributed by atoms with van der Waals surface area (Å²) in [4.78, 5) is 0. The number of rotatable bonds is 26. The van der Waals surface area contributed by atoms with Gasteiger partial charge in [0.1, 0.15) is 0 Å². The number of methoxy groups -OCH3 is 2. The van der Waals surface area contributed by atoms with Crippen LogP contribution in [0.3, 0.4) is 0 Å². The molecule has 0 saturated carbocycles. The van der Waals surface area contributed by atoms with E-state index in [2.05, 4.69) is 91.7 Å². The molecule has 0 saturated heterocycles. The molecule has 0 aromatic heterocycles. The van der Waals surface area contributed by atoms with Gasteiger partial charge in [0, 0.05) is 53.9 Å². The van der Waals surface area contributed by atoms with Crippen molar-refractivity contribution in [1.29, 1.82) is 0 Å². The molecule has 43 heavy (non-hydrogen) atoms. The molecule has 0 aliphatic carbocycles. The quantitative estimate of drug-likeness (QED) is 0.0676.